The van der Waals surface area contributed by atoms with Gasteiger partial charge >= 0.3 is 0 Å². The molecular formula is C28H25FN2O5S. The number of hydrogen-bond donors (Lipinski definition) is 1. The molecule has 0 aromatic heterocycles. The Morgan fingerprint density at radius 1 is 1.03 bits per heavy atom. The average Bonchev–Trinajstić information content (AvgIpc) is 3.13. The average molecular weight is 521 g/mol. The number of anilines is 1. The molecule has 0 bridgehead atoms. The molecule has 0 spiro atoms. The molecule has 0 aliphatic carbocycles. The summed E-state index contributed by atoms with van der Waals surface area (Å²) in [4.78, 5) is 39.0. The predicted molar refractivity (Wildman–Crippen MR) is 141 cm³/mol. The molecular weight excluding hydrogens is 495 g/mol. The molecule has 190 valence electrons. The minimum atomic E-state index is -0.548. The smallest absolute Gasteiger partial charge is 0.294 e. The summed E-state index contributed by atoms with van der Waals surface area (Å²) in [5, 5.41) is 2.21. The van der Waals surface area contributed by atoms with Gasteiger partial charge in [0.05, 0.1) is 11.5 Å². The number of carbonyl (C=O) groups excluding carboxylic acids is 3. The fraction of sp³-hybridized carbons (Fsp3) is 0.179. The molecule has 0 radical (unpaired) electrons. The normalized spacial score (nSPS) is 14.2. The minimum absolute atomic E-state index is 0.0234. The van der Waals surface area contributed by atoms with E-state index in [-0.39, 0.29) is 23.9 Å². The highest BCUT2D eigenvalue weighted by atomic mass is 32.2. The summed E-state index contributed by atoms with van der Waals surface area (Å²) >= 11 is 0.765. The summed E-state index contributed by atoms with van der Waals surface area (Å²) in [5.74, 6) is -0.534. The number of halogens is 1. The number of para-hydroxylation sites is 1. The van der Waals surface area contributed by atoms with Gasteiger partial charge in [-0.05, 0) is 67.1 Å². The molecule has 3 amide bonds. The van der Waals surface area contributed by atoms with Crippen LogP contribution in [0.25, 0.3) is 6.08 Å². The second kappa shape index (κ2) is 11.7. The Morgan fingerprint density at radius 3 is 2.54 bits per heavy atom. The molecule has 1 aliphatic heterocycles. The van der Waals surface area contributed by atoms with Crippen LogP contribution in [0.3, 0.4) is 0 Å². The summed E-state index contributed by atoms with van der Waals surface area (Å²) in [6.45, 7) is 3.68. The zero-order chi connectivity index (χ0) is 26.4. The van der Waals surface area contributed by atoms with E-state index >= 15 is 0 Å². The summed E-state index contributed by atoms with van der Waals surface area (Å²) in [6, 6.07) is 18.6. The maximum Gasteiger partial charge on any atom is 0.294 e. The third-order valence-electron chi connectivity index (χ3n) is 5.50. The van der Waals surface area contributed by atoms with Crippen LogP contribution in [0.2, 0.25) is 0 Å². The molecule has 7 nitrogen and oxygen atoms in total. The maximum absolute atomic E-state index is 13.9. The van der Waals surface area contributed by atoms with Crippen molar-refractivity contribution < 1.29 is 28.2 Å². The highest BCUT2D eigenvalue weighted by molar-refractivity contribution is 8.18. The van der Waals surface area contributed by atoms with Crippen molar-refractivity contribution >= 4 is 40.6 Å². The van der Waals surface area contributed by atoms with Gasteiger partial charge < -0.3 is 14.8 Å². The van der Waals surface area contributed by atoms with E-state index in [1.54, 1.807) is 54.6 Å². The molecule has 0 saturated carbocycles. The lowest BCUT2D eigenvalue weighted by molar-refractivity contribution is -0.127. The standard InChI is InChI=1S/C28H25FN2O5S/c1-3-35-24-14-19(12-13-23(24)36-17-20-9-5-6-10-21(20)29)15-25-27(33)31(28(34)37-25)16-26(32)30-22-11-7-4-8-18(22)2/h4-15H,3,16-17H2,1-2H3,(H,30,32)/b25-15+. The van der Waals surface area contributed by atoms with Crippen molar-refractivity contribution in [2.45, 2.75) is 20.5 Å². The predicted octanol–water partition coefficient (Wildman–Crippen LogP) is 5.79. The molecule has 1 fully saturated rings. The number of benzene rings is 3. The molecule has 1 heterocycles. The molecule has 0 atom stereocenters. The van der Waals surface area contributed by atoms with Gasteiger partial charge in [0.15, 0.2) is 11.5 Å². The molecule has 9 heteroatoms. The first-order valence-corrected chi connectivity index (χ1v) is 12.4. The summed E-state index contributed by atoms with van der Waals surface area (Å²) in [7, 11) is 0. The van der Waals surface area contributed by atoms with Crippen LogP contribution in [0.15, 0.2) is 71.6 Å². The largest absolute Gasteiger partial charge is 0.490 e. The fourth-order valence-corrected chi connectivity index (χ4v) is 4.45. The Morgan fingerprint density at radius 2 is 1.78 bits per heavy atom. The van der Waals surface area contributed by atoms with Gasteiger partial charge in [-0.2, -0.15) is 0 Å². The summed E-state index contributed by atoms with van der Waals surface area (Å²) in [5.41, 5.74) is 2.51. The number of thioether (sulfide) groups is 1. The monoisotopic (exact) mass is 520 g/mol. The molecule has 37 heavy (non-hydrogen) atoms. The SMILES string of the molecule is CCOc1cc(/C=C2/SC(=O)N(CC(=O)Nc3ccccc3C)C2=O)ccc1OCc1ccccc1F. The highest BCUT2D eigenvalue weighted by Crippen LogP contribution is 2.35. The first kappa shape index (κ1) is 26.0. The van der Waals surface area contributed by atoms with E-state index in [1.807, 2.05) is 26.0 Å². The van der Waals surface area contributed by atoms with Gasteiger partial charge in [0.2, 0.25) is 5.91 Å². The molecule has 3 aromatic carbocycles. The lowest BCUT2D eigenvalue weighted by Gasteiger charge is -2.14. The minimum Gasteiger partial charge on any atom is -0.490 e. The lowest BCUT2D eigenvalue weighted by Crippen LogP contribution is -2.36. The number of carbonyl (C=O) groups is 3. The van der Waals surface area contributed by atoms with Crippen molar-refractivity contribution in [3.63, 3.8) is 0 Å². The Labute approximate surface area is 218 Å². The molecule has 1 aliphatic rings. The Balaban J connectivity index is 1.46. The van der Waals surface area contributed by atoms with Crippen molar-refractivity contribution in [2.24, 2.45) is 0 Å². The van der Waals surface area contributed by atoms with Crippen molar-refractivity contribution in [3.8, 4) is 11.5 Å². The zero-order valence-electron chi connectivity index (χ0n) is 20.3. The van der Waals surface area contributed by atoms with Gasteiger partial charge in [-0.15, -0.1) is 0 Å². The maximum atomic E-state index is 13.9. The van der Waals surface area contributed by atoms with E-state index in [0.717, 1.165) is 22.2 Å². The van der Waals surface area contributed by atoms with Crippen LogP contribution in [0.5, 0.6) is 11.5 Å². The van der Waals surface area contributed by atoms with E-state index in [9.17, 15) is 18.8 Å². The van der Waals surface area contributed by atoms with Crippen LogP contribution < -0.4 is 14.8 Å². The Hall–Kier alpha value is -4.11. The third kappa shape index (κ3) is 6.37. The van der Waals surface area contributed by atoms with Gasteiger partial charge in [-0.1, -0.05) is 42.5 Å². The van der Waals surface area contributed by atoms with E-state index in [4.69, 9.17) is 9.47 Å². The fourth-order valence-electron chi connectivity index (χ4n) is 3.61. The molecule has 4 rings (SSSR count). The Kier molecular flexibility index (Phi) is 8.25. The van der Waals surface area contributed by atoms with Crippen LogP contribution in [0.1, 0.15) is 23.6 Å². The van der Waals surface area contributed by atoms with E-state index in [0.29, 0.717) is 34.9 Å². The van der Waals surface area contributed by atoms with Crippen molar-refractivity contribution in [1.82, 2.24) is 4.90 Å². The van der Waals surface area contributed by atoms with E-state index in [2.05, 4.69) is 5.32 Å². The first-order valence-electron chi connectivity index (χ1n) is 11.6. The number of nitrogens with one attached hydrogen (secondary N) is 1. The second-order valence-corrected chi connectivity index (χ2v) is 9.14. The molecule has 3 aromatic rings. The molecule has 0 unspecified atom stereocenters. The van der Waals surface area contributed by atoms with Gasteiger partial charge in [-0.3, -0.25) is 19.3 Å². The van der Waals surface area contributed by atoms with Crippen molar-refractivity contribution in [1.29, 1.82) is 0 Å². The third-order valence-corrected chi connectivity index (χ3v) is 6.41. The van der Waals surface area contributed by atoms with Crippen LogP contribution in [0, 0.1) is 12.7 Å². The van der Waals surface area contributed by atoms with E-state index in [1.165, 1.54) is 6.07 Å². The topological polar surface area (TPSA) is 84.9 Å². The van der Waals surface area contributed by atoms with Crippen LogP contribution in [-0.2, 0) is 16.2 Å². The van der Waals surface area contributed by atoms with E-state index < -0.39 is 17.1 Å². The zero-order valence-corrected chi connectivity index (χ0v) is 21.1. The van der Waals surface area contributed by atoms with Crippen molar-refractivity contribution in [3.05, 3.63) is 94.1 Å². The first-order chi connectivity index (χ1) is 17.9. The second-order valence-electron chi connectivity index (χ2n) is 8.15. The van der Waals surface area contributed by atoms with Gasteiger partial charge in [-0.25, -0.2) is 4.39 Å². The number of imide groups is 1. The number of nitrogens with zero attached hydrogens (tertiary/aromatic N) is 1. The van der Waals surface area contributed by atoms with Crippen LogP contribution >= 0.6 is 11.8 Å². The summed E-state index contributed by atoms with van der Waals surface area (Å²) < 4.78 is 25.4. The van der Waals surface area contributed by atoms with Crippen LogP contribution in [-0.4, -0.2) is 35.1 Å². The van der Waals surface area contributed by atoms with Crippen molar-refractivity contribution in [2.75, 3.05) is 18.5 Å². The lowest BCUT2D eigenvalue weighted by atomic mass is 10.1. The number of amides is 3. The van der Waals surface area contributed by atoms with Gasteiger partial charge in [0.1, 0.15) is 19.0 Å². The quantitative estimate of drug-likeness (QED) is 0.360. The summed E-state index contributed by atoms with van der Waals surface area (Å²) in [6.07, 6.45) is 1.56. The van der Waals surface area contributed by atoms with Gasteiger partial charge in [0.25, 0.3) is 11.1 Å². The van der Waals surface area contributed by atoms with Gasteiger partial charge in [0, 0.05) is 11.3 Å². The number of rotatable bonds is 9. The number of ether oxygens (including phenoxy) is 2. The molecule has 1 N–H and O–H groups in total. The number of aryl methyl sites for hydroxylation is 1. The highest BCUT2D eigenvalue weighted by Gasteiger charge is 2.36. The Bertz CT molecular complexity index is 1370. The van der Waals surface area contributed by atoms with Crippen LogP contribution in [0.4, 0.5) is 14.9 Å². The number of hydrogen-bond acceptors (Lipinski definition) is 6. The molecule has 1 saturated heterocycles.